The van der Waals surface area contributed by atoms with Crippen LogP contribution in [0.3, 0.4) is 0 Å². The zero-order chi connectivity index (χ0) is 19.7. The van der Waals surface area contributed by atoms with Gasteiger partial charge < -0.3 is 14.2 Å². The monoisotopic (exact) mass is 387 g/mol. The van der Waals surface area contributed by atoms with Gasteiger partial charge in [0.1, 0.15) is 5.76 Å². The average molecular weight is 387 g/mol. The van der Waals surface area contributed by atoms with E-state index in [4.69, 9.17) is 14.4 Å². The van der Waals surface area contributed by atoms with Gasteiger partial charge in [0.05, 0.1) is 42.3 Å². The standard InChI is InChI=1S/C20H29N5O3/c1-14-7-19(28-22-14)9-20(26)24-5-4-6-25-18(13-24)8-17(21-25)12-23-10-15(2)27-16(3)11-23/h7-8,15-16H,4-6,9-13H2,1-3H3/t15-,16+. The molecule has 1 fully saturated rings. The molecule has 1 amide bonds. The minimum absolute atomic E-state index is 0.0724. The second-order valence-electron chi connectivity index (χ2n) is 8.08. The van der Waals surface area contributed by atoms with Crippen molar-refractivity contribution in [2.75, 3.05) is 19.6 Å². The lowest BCUT2D eigenvalue weighted by Gasteiger charge is -2.34. The van der Waals surface area contributed by atoms with Crippen LogP contribution in [0.5, 0.6) is 0 Å². The quantitative estimate of drug-likeness (QED) is 0.796. The minimum atomic E-state index is 0.0724. The molecular weight excluding hydrogens is 358 g/mol. The Bertz CT molecular complexity index is 820. The normalized spacial score (nSPS) is 23.5. The second kappa shape index (κ2) is 8.05. The van der Waals surface area contributed by atoms with Gasteiger partial charge in [0.15, 0.2) is 0 Å². The van der Waals surface area contributed by atoms with Crippen molar-refractivity contribution < 1.29 is 14.1 Å². The molecule has 2 aromatic rings. The van der Waals surface area contributed by atoms with Crippen LogP contribution in [0.15, 0.2) is 16.7 Å². The molecule has 1 saturated heterocycles. The number of hydrogen-bond acceptors (Lipinski definition) is 6. The lowest BCUT2D eigenvalue weighted by atomic mass is 10.2. The number of carbonyl (C=O) groups excluding carboxylic acids is 1. The van der Waals surface area contributed by atoms with Crippen molar-refractivity contribution in [1.29, 1.82) is 0 Å². The zero-order valence-corrected chi connectivity index (χ0v) is 16.9. The lowest BCUT2D eigenvalue weighted by molar-refractivity contribution is -0.131. The second-order valence-corrected chi connectivity index (χ2v) is 8.08. The third-order valence-electron chi connectivity index (χ3n) is 5.30. The summed E-state index contributed by atoms with van der Waals surface area (Å²) in [7, 11) is 0. The van der Waals surface area contributed by atoms with Crippen LogP contribution in [-0.4, -0.2) is 62.5 Å². The Morgan fingerprint density at radius 1 is 1.21 bits per heavy atom. The van der Waals surface area contributed by atoms with Gasteiger partial charge in [-0.25, -0.2) is 0 Å². The molecule has 0 radical (unpaired) electrons. The zero-order valence-electron chi connectivity index (χ0n) is 16.9. The van der Waals surface area contributed by atoms with Crippen molar-refractivity contribution in [2.24, 2.45) is 0 Å². The molecule has 2 atom stereocenters. The van der Waals surface area contributed by atoms with Crippen molar-refractivity contribution in [3.05, 3.63) is 35.0 Å². The summed E-state index contributed by atoms with van der Waals surface area (Å²) in [4.78, 5) is 17.0. The molecule has 152 valence electrons. The number of hydrogen-bond donors (Lipinski definition) is 0. The van der Waals surface area contributed by atoms with E-state index in [1.54, 1.807) is 0 Å². The molecule has 2 aromatic heterocycles. The van der Waals surface area contributed by atoms with Crippen molar-refractivity contribution in [3.63, 3.8) is 0 Å². The number of amides is 1. The minimum Gasteiger partial charge on any atom is -0.373 e. The fourth-order valence-electron chi connectivity index (χ4n) is 4.21. The first-order valence-electron chi connectivity index (χ1n) is 10.1. The predicted molar refractivity (Wildman–Crippen MR) is 102 cm³/mol. The highest BCUT2D eigenvalue weighted by Gasteiger charge is 2.25. The third-order valence-corrected chi connectivity index (χ3v) is 5.30. The van der Waals surface area contributed by atoms with E-state index in [0.717, 1.165) is 56.2 Å². The smallest absolute Gasteiger partial charge is 0.230 e. The molecule has 0 N–H and O–H groups in total. The summed E-state index contributed by atoms with van der Waals surface area (Å²) >= 11 is 0. The molecule has 4 heterocycles. The number of aromatic nitrogens is 3. The molecule has 0 spiro atoms. The maximum absolute atomic E-state index is 12.7. The number of aryl methyl sites for hydroxylation is 2. The van der Waals surface area contributed by atoms with Crippen molar-refractivity contribution in [1.82, 2.24) is 24.7 Å². The van der Waals surface area contributed by atoms with Gasteiger partial charge >= 0.3 is 0 Å². The fourth-order valence-corrected chi connectivity index (χ4v) is 4.21. The van der Waals surface area contributed by atoms with Crippen molar-refractivity contribution in [2.45, 2.75) is 65.5 Å². The molecule has 0 saturated carbocycles. The molecule has 2 aliphatic heterocycles. The summed E-state index contributed by atoms with van der Waals surface area (Å²) in [6.07, 6.45) is 1.65. The van der Waals surface area contributed by atoms with E-state index in [1.807, 2.05) is 17.9 Å². The van der Waals surface area contributed by atoms with E-state index in [0.29, 0.717) is 12.3 Å². The summed E-state index contributed by atoms with van der Waals surface area (Å²) in [5, 5.41) is 8.67. The highest BCUT2D eigenvalue weighted by molar-refractivity contribution is 5.78. The molecule has 2 aliphatic rings. The Labute approximate surface area is 165 Å². The molecule has 4 rings (SSSR count). The van der Waals surface area contributed by atoms with E-state index < -0.39 is 0 Å². The van der Waals surface area contributed by atoms with E-state index in [9.17, 15) is 4.79 Å². The number of rotatable bonds is 4. The third kappa shape index (κ3) is 4.44. The molecule has 0 bridgehead atoms. The SMILES string of the molecule is Cc1cc(CC(=O)N2CCCn3nc(CN4C[C@@H](C)O[C@@H](C)C4)cc3C2)on1. The molecule has 0 aliphatic carbocycles. The van der Waals surface area contributed by atoms with E-state index in [2.05, 4.69) is 34.7 Å². The van der Waals surface area contributed by atoms with Crippen LogP contribution >= 0.6 is 0 Å². The summed E-state index contributed by atoms with van der Waals surface area (Å²) in [5.74, 6) is 0.694. The van der Waals surface area contributed by atoms with Crippen LogP contribution in [0, 0.1) is 6.92 Å². The fraction of sp³-hybridized carbons (Fsp3) is 0.650. The number of ether oxygens (including phenoxy) is 1. The number of nitrogens with zero attached hydrogens (tertiary/aromatic N) is 5. The van der Waals surface area contributed by atoms with Crippen LogP contribution < -0.4 is 0 Å². The van der Waals surface area contributed by atoms with Crippen LogP contribution in [0.1, 0.15) is 43.1 Å². The van der Waals surface area contributed by atoms with Crippen LogP contribution in [0.25, 0.3) is 0 Å². The van der Waals surface area contributed by atoms with E-state index in [1.165, 1.54) is 0 Å². The first-order chi connectivity index (χ1) is 13.5. The lowest BCUT2D eigenvalue weighted by Crippen LogP contribution is -2.44. The van der Waals surface area contributed by atoms with Gasteiger partial charge in [0.2, 0.25) is 5.91 Å². The van der Waals surface area contributed by atoms with Crippen LogP contribution in [0.4, 0.5) is 0 Å². The molecule has 0 aromatic carbocycles. The number of fused-ring (bicyclic) bond motifs is 1. The van der Waals surface area contributed by atoms with Crippen molar-refractivity contribution in [3.8, 4) is 0 Å². The highest BCUT2D eigenvalue weighted by Crippen LogP contribution is 2.18. The molecule has 0 unspecified atom stereocenters. The number of carbonyl (C=O) groups is 1. The van der Waals surface area contributed by atoms with Crippen molar-refractivity contribution >= 4 is 5.91 Å². The van der Waals surface area contributed by atoms with E-state index >= 15 is 0 Å². The summed E-state index contributed by atoms with van der Waals surface area (Å²) in [6, 6.07) is 3.97. The van der Waals surface area contributed by atoms with Crippen LogP contribution in [0.2, 0.25) is 0 Å². The molecule has 8 nitrogen and oxygen atoms in total. The Kier molecular flexibility index (Phi) is 5.50. The topological polar surface area (TPSA) is 76.6 Å². The Morgan fingerprint density at radius 2 is 2.00 bits per heavy atom. The predicted octanol–water partition coefficient (Wildman–Crippen LogP) is 1.76. The summed E-state index contributed by atoms with van der Waals surface area (Å²) < 4.78 is 13.1. The van der Waals surface area contributed by atoms with E-state index in [-0.39, 0.29) is 24.5 Å². The first kappa shape index (κ1) is 19.1. The summed E-state index contributed by atoms with van der Waals surface area (Å²) in [6.45, 7) is 10.9. The Balaban J connectivity index is 1.41. The molecule has 8 heteroatoms. The van der Waals surface area contributed by atoms with Gasteiger partial charge in [-0.2, -0.15) is 5.10 Å². The first-order valence-corrected chi connectivity index (χ1v) is 10.1. The summed E-state index contributed by atoms with van der Waals surface area (Å²) in [5.41, 5.74) is 2.97. The van der Waals surface area contributed by atoms with Gasteiger partial charge in [0.25, 0.3) is 0 Å². The maximum Gasteiger partial charge on any atom is 0.230 e. The van der Waals surface area contributed by atoms with Gasteiger partial charge in [-0.3, -0.25) is 14.4 Å². The van der Waals surface area contributed by atoms with Gasteiger partial charge in [-0.05, 0) is 33.3 Å². The van der Waals surface area contributed by atoms with Gasteiger partial charge in [-0.15, -0.1) is 0 Å². The largest absolute Gasteiger partial charge is 0.373 e. The molecule has 28 heavy (non-hydrogen) atoms. The average Bonchev–Trinajstić information content (AvgIpc) is 3.13. The van der Waals surface area contributed by atoms with Gasteiger partial charge in [0, 0.05) is 38.8 Å². The maximum atomic E-state index is 12.7. The van der Waals surface area contributed by atoms with Crippen LogP contribution in [-0.2, 0) is 35.6 Å². The Morgan fingerprint density at radius 3 is 2.71 bits per heavy atom. The Hall–Kier alpha value is -2.19. The highest BCUT2D eigenvalue weighted by atomic mass is 16.5. The number of morpholine rings is 1. The van der Waals surface area contributed by atoms with Gasteiger partial charge in [-0.1, -0.05) is 5.16 Å². The molecular formula is C20H29N5O3.